The third kappa shape index (κ3) is 3.33. The minimum Gasteiger partial charge on any atom is -0.309 e. The molecule has 0 saturated carbocycles. The summed E-state index contributed by atoms with van der Waals surface area (Å²) in [5, 5.41) is 3.64. The molecule has 100 valence electrons. The SMILES string of the molecule is CCNC(CN1CCC(C)C1)c1ccccc1C. The summed E-state index contributed by atoms with van der Waals surface area (Å²) in [7, 11) is 0. The van der Waals surface area contributed by atoms with E-state index in [-0.39, 0.29) is 0 Å². The van der Waals surface area contributed by atoms with E-state index in [9.17, 15) is 0 Å². The third-order valence-electron chi connectivity index (χ3n) is 3.96. The molecule has 0 aliphatic carbocycles. The van der Waals surface area contributed by atoms with Gasteiger partial charge in [-0.1, -0.05) is 38.1 Å². The zero-order valence-electron chi connectivity index (χ0n) is 11.9. The molecule has 1 aromatic carbocycles. The fourth-order valence-corrected chi connectivity index (χ4v) is 2.95. The van der Waals surface area contributed by atoms with Crippen LogP contribution in [0, 0.1) is 12.8 Å². The zero-order valence-corrected chi connectivity index (χ0v) is 11.9. The van der Waals surface area contributed by atoms with Gasteiger partial charge in [0.1, 0.15) is 0 Å². The van der Waals surface area contributed by atoms with Crippen molar-refractivity contribution in [3.8, 4) is 0 Å². The van der Waals surface area contributed by atoms with Crippen LogP contribution < -0.4 is 5.32 Å². The van der Waals surface area contributed by atoms with Crippen molar-refractivity contribution in [1.29, 1.82) is 0 Å². The van der Waals surface area contributed by atoms with Crippen molar-refractivity contribution in [2.75, 3.05) is 26.2 Å². The highest BCUT2D eigenvalue weighted by atomic mass is 15.2. The van der Waals surface area contributed by atoms with E-state index in [1.807, 2.05) is 0 Å². The molecular weight excluding hydrogens is 220 g/mol. The molecule has 2 nitrogen and oxygen atoms in total. The first kappa shape index (κ1) is 13.6. The lowest BCUT2D eigenvalue weighted by Gasteiger charge is -2.26. The van der Waals surface area contributed by atoms with E-state index in [0.717, 1.165) is 19.0 Å². The molecule has 0 aromatic heterocycles. The first-order valence-electron chi connectivity index (χ1n) is 7.22. The van der Waals surface area contributed by atoms with Gasteiger partial charge in [0.05, 0.1) is 0 Å². The van der Waals surface area contributed by atoms with E-state index < -0.39 is 0 Å². The molecule has 1 aliphatic rings. The molecule has 0 bridgehead atoms. The summed E-state index contributed by atoms with van der Waals surface area (Å²) in [6.45, 7) is 11.5. The summed E-state index contributed by atoms with van der Waals surface area (Å²) in [5.74, 6) is 0.865. The van der Waals surface area contributed by atoms with Crippen LogP contribution in [0.15, 0.2) is 24.3 Å². The van der Waals surface area contributed by atoms with Crippen molar-refractivity contribution in [2.24, 2.45) is 5.92 Å². The van der Waals surface area contributed by atoms with Gasteiger partial charge in [-0.25, -0.2) is 0 Å². The first-order chi connectivity index (χ1) is 8.70. The second kappa shape index (κ2) is 6.35. The molecule has 1 saturated heterocycles. The Kier molecular flexibility index (Phi) is 4.79. The lowest BCUT2D eigenvalue weighted by molar-refractivity contribution is 0.286. The number of rotatable bonds is 5. The Labute approximate surface area is 111 Å². The fraction of sp³-hybridized carbons (Fsp3) is 0.625. The molecule has 2 heteroatoms. The maximum atomic E-state index is 3.64. The average Bonchev–Trinajstić information content (AvgIpc) is 2.75. The molecule has 1 aliphatic heterocycles. The Morgan fingerprint density at radius 2 is 2.17 bits per heavy atom. The number of nitrogens with one attached hydrogen (secondary N) is 1. The highest BCUT2D eigenvalue weighted by Crippen LogP contribution is 2.22. The fourth-order valence-electron chi connectivity index (χ4n) is 2.95. The molecule has 1 heterocycles. The molecule has 1 fully saturated rings. The average molecular weight is 246 g/mol. The van der Waals surface area contributed by atoms with E-state index in [0.29, 0.717) is 6.04 Å². The summed E-state index contributed by atoms with van der Waals surface area (Å²) < 4.78 is 0. The molecule has 0 spiro atoms. The molecule has 0 amide bonds. The van der Waals surface area contributed by atoms with E-state index in [1.54, 1.807) is 0 Å². The topological polar surface area (TPSA) is 15.3 Å². The quantitative estimate of drug-likeness (QED) is 0.859. The minimum absolute atomic E-state index is 0.474. The number of likely N-dealkylation sites (tertiary alicyclic amines) is 1. The highest BCUT2D eigenvalue weighted by Gasteiger charge is 2.22. The predicted octanol–water partition coefficient (Wildman–Crippen LogP) is 2.99. The summed E-state index contributed by atoms with van der Waals surface area (Å²) in [5.41, 5.74) is 2.86. The van der Waals surface area contributed by atoms with Crippen molar-refractivity contribution in [1.82, 2.24) is 10.2 Å². The number of hydrogen-bond acceptors (Lipinski definition) is 2. The van der Waals surface area contributed by atoms with Gasteiger partial charge in [-0.2, -0.15) is 0 Å². The second-order valence-corrected chi connectivity index (χ2v) is 5.62. The number of likely N-dealkylation sites (N-methyl/N-ethyl adjacent to an activating group) is 1. The van der Waals surface area contributed by atoms with Crippen LogP contribution in [0.1, 0.15) is 37.4 Å². The summed E-state index contributed by atoms with van der Waals surface area (Å²) in [6, 6.07) is 9.23. The van der Waals surface area contributed by atoms with Crippen LogP contribution in [-0.4, -0.2) is 31.1 Å². The monoisotopic (exact) mass is 246 g/mol. The normalized spacial score (nSPS) is 22.3. The van der Waals surface area contributed by atoms with Crippen LogP contribution in [0.3, 0.4) is 0 Å². The second-order valence-electron chi connectivity index (χ2n) is 5.62. The van der Waals surface area contributed by atoms with Gasteiger partial charge in [0.25, 0.3) is 0 Å². The Balaban J connectivity index is 2.06. The van der Waals surface area contributed by atoms with Crippen LogP contribution in [0.2, 0.25) is 0 Å². The van der Waals surface area contributed by atoms with Crippen LogP contribution in [0.25, 0.3) is 0 Å². The molecule has 2 atom stereocenters. The van der Waals surface area contributed by atoms with Gasteiger partial charge in [0.15, 0.2) is 0 Å². The van der Waals surface area contributed by atoms with Crippen LogP contribution in [0.4, 0.5) is 0 Å². The first-order valence-corrected chi connectivity index (χ1v) is 7.22. The maximum absolute atomic E-state index is 3.64. The van der Waals surface area contributed by atoms with Gasteiger partial charge >= 0.3 is 0 Å². The summed E-state index contributed by atoms with van der Waals surface area (Å²) >= 11 is 0. The zero-order chi connectivity index (χ0) is 13.0. The van der Waals surface area contributed by atoms with Gasteiger partial charge in [0, 0.05) is 19.1 Å². The summed E-state index contributed by atoms with van der Waals surface area (Å²) in [6.07, 6.45) is 1.35. The number of nitrogens with zero attached hydrogens (tertiary/aromatic N) is 1. The van der Waals surface area contributed by atoms with E-state index in [2.05, 4.69) is 55.3 Å². The standard InChI is InChI=1S/C16H26N2/c1-4-17-16(12-18-10-9-13(2)11-18)15-8-6-5-7-14(15)3/h5-8,13,16-17H,4,9-12H2,1-3H3. The lowest BCUT2D eigenvalue weighted by Crippen LogP contribution is -2.34. The smallest absolute Gasteiger partial charge is 0.0451 e. The Bertz CT molecular complexity index is 375. The largest absolute Gasteiger partial charge is 0.309 e. The van der Waals surface area contributed by atoms with Crippen molar-refractivity contribution in [3.63, 3.8) is 0 Å². The van der Waals surface area contributed by atoms with E-state index in [4.69, 9.17) is 0 Å². The lowest BCUT2D eigenvalue weighted by atomic mass is 10.0. The molecule has 2 rings (SSSR count). The maximum Gasteiger partial charge on any atom is 0.0451 e. The van der Waals surface area contributed by atoms with Crippen LogP contribution in [-0.2, 0) is 0 Å². The summed E-state index contributed by atoms with van der Waals surface area (Å²) in [4.78, 5) is 2.60. The molecule has 0 radical (unpaired) electrons. The van der Waals surface area contributed by atoms with E-state index >= 15 is 0 Å². The van der Waals surface area contributed by atoms with Gasteiger partial charge in [-0.05, 0) is 43.5 Å². The molecule has 2 unspecified atom stereocenters. The van der Waals surface area contributed by atoms with Crippen LogP contribution >= 0.6 is 0 Å². The molecule has 1 aromatic rings. The van der Waals surface area contributed by atoms with E-state index in [1.165, 1.54) is 30.6 Å². The van der Waals surface area contributed by atoms with Gasteiger partial charge < -0.3 is 10.2 Å². The highest BCUT2D eigenvalue weighted by molar-refractivity contribution is 5.29. The predicted molar refractivity (Wildman–Crippen MR) is 77.8 cm³/mol. The van der Waals surface area contributed by atoms with Gasteiger partial charge in [-0.15, -0.1) is 0 Å². The van der Waals surface area contributed by atoms with Crippen molar-refractivity contribution < 1.29 is 0 Å². The molecule has 1 N–H and O–H groups in total. The number of aryl methyl sites for hydroxylation is 1. The Morgan fingerprint density at radius 3 is 2.78 bits per heavy atom. The number of benzene rings is 1. The van der Waals surface area contributed by atoms with Crippen molar-refractivity contribution in [3.05, 3.63) is 35.4 Å². The molecule has 18 heavy (non-hydrogen) atoms. The Morgan fingerprint density at radius 1 is 1.39 bits per heavy atom. The van der Waals surface area contributed by atoms with Gasteiger partial charge in [0.2, 0.25) is 0 Å². The number of hydrogen-bond donors (Lipinski definition) is 1. The van der Waals surface area contributed by atoms with Crippen molar-refractivity contribution >= 4 is 0 Å². The molecular formula is C16H26N2. The third-order valence-corrected chi connectivity index (χ3v) is 3.96. The van der Waals surface area contributed by atoms with Gasteiger partial charge in [-0.3, -0.25) is 0 Å². The van der Waals surface area contributed by atoms with Crippen molar-refractivity contribution in [2.45, 2.75) is 33.2 Å². The van der Waals surface area contributed by atoms with Crippen LogP contribution in [0.5, 0.6) is 0 Å². The Hall–Kier alpha value is -0.860. The minimum atomic E-state index is 0.474.